The first-order chi connectivity index (χ1) is 17.4. The van der Waals surface area contributed by atoms with Crippen LogP contribution < -0.4 is 10.3 Å². The minimum absolute atomic E-state index is 0.169. The summed E-state index contributed by atoms with van der Waals surface area (Å²) in [4.78, 5) is 58.6. The van der Waals surface area contributed by atoms with E-state index >= 15 is 0 Å². The van der Waals surface area contributed by atoms with Gasteiger partial charge >= 0.3 is 5.97 Å². The van der Waals surface area contributed by atoms with Crippen molar-refractivity contribution < 1.29 is 23.9 Å². The summed E-state index contributed by atoms with van der Waals surface area (Å²) in [5, 5.41) is 0.943. The van der Waals surface area contributed by atoms with Crippen molar-refractivity contribution >= 4 is 28.7 Å². The highest BCUT2D eigenvalue weighted by atomic mass is 16.5. The summed E-state index contributed by atoms with van der Waals surface area (Å²) in [5.74, 6) is -0.840. The number of esters is 1. The van der Waals surface area contributed by atoms with Crippen LogP contribution in [0.3, 0.4) is 0 Å². The Morgan fingerprint density at radius 3 is 2.56 bits per heavy atom. The fraction of sp³-hybridized carbons (Fsp3) is 0.385. The third kappa shape index (κ3) is 4.02. The van der Waals surface area contributed by atoms with E-state index in [9.17, 15) is 19.2 Å². The molecule has 2 aliphatic heterocycles. The fourth-order valence-electron chi connectivity index (χ4n) is 5.24. The van der Waals surface area contributed by atoms with Crippen molar-refractivity contribution in [2.75, 3.05) is 33.9 Å². The zero-order valence-electron chi connectivity index (χ0n) is 20.3. The van der Waals surface area contributed by atoms with Gasteiger partial charge in [0.1, 0.15) is 23.0 Å². The van der Waals surface area contributed by atoms with Gasteiger partial charge < -0.3 is 28.8 Å². The number of aromatic amines is 1. The number of carbonyl (C=O) groups excluding carboxylic acids is 3. The molecule has 5 rings (SSSR count). The molecule has 2 amide bonds. The number of methoxy groups -OCH3 is 2. The SMILES string of the molecule is COC(=O)[C@@H]1CCCN1C(=O)c1c(OC)cc(=O)n2c1CCN(C(=O)c1cc3ccccc3[nH]1)CC2. The van der Waals surface area contributed by atoms with Gasteiger partial charge in [0.15, 0.2) is 0 Å². The summed E-state index contributed by atoms with van der Waals surface area (Å²) < 4.78 is 11.9. The second kappa shape index (κ2) is 9.52. The molecule has 188 valence electrons. The molecule has 1 N–H and O–H groups in total. The van der Waals surface area contributed by atoms with Gasteiger partial charge in [-0.1, -0.05) is 18.2 Å². The van der Waals surface area contributed by atoms with Gasteiger partial charge in [0, 0.05) is 55.3 Å². The summed E-state index contributed by atoms with van der Waals surface area (Å²) in [6.45, 7) is 1.28. The van der Waals surface area contributed by atoms with E-state index in [0.29, 0.717) is 43.9 Å². The van der Waals surface area contributed by atoms with Crippen LogP contribution in [0.15, 0.2) is 41.2 Å². The molecule has 0 aliphatic carbocycles. The zero-order chi connectivity index (χ0) is 25.4. The Hall–Kier alpha value is -4.08. The number of amides is 2. The molecule has 36 heavy (non-hydrogen) atoms. The zero-order valence-corrected chi connectivity index (χ0v) is 20.3. The maximum absolute atomic E-state index is 13.7. The van der Waals surface area contributed by atoms with Crippen molar-refractivity contribution in [1.29, 1.82) is 0 Å². The number of nitrogens with zero attached hydrogens (tertiary/aromatic N) is 3. The van der Waals surface area contributed by atoms with E-state index < -0.39 is 12.0 Å². The van der Waals surface area contributed by atoms with E-state index in [-0.39, 0.29) is 41.7 Å². The number of H-pyrrole nitrogens is 1. The van der Waals surface area contributed by atoms with Crippen LogP contribution in [0.25, 0.3) is 10.9 Å². The fourth-order valence-corrected chi connectivity index (χ4v) is 5.24. The molecule has 1 saturated heterocycles. The van der Waals surface area contributed by atoms with Crippen molar-refractivity contribution in [3.05, 3.63) is 63.7 Å². The minimum Gasteiger partial charge on any atom is -0.496 e. The van der Waals surface area contributed by atoms with E-state index in [1.807, 2.05) is 30.3 Å². The molecular formula is C26H28N4O6. The highest BCUT2D eigenvalue weighted by Gasteiger charge is 2.38. The predicted octanol–water partition coefficient (Wildman–Crippen LogP) is 1.81. The lowest BCUT2D eigenvalue weighted by Crippen LogP contribution is -2.42. The smallest absolute Gasteiger partial charge is 0.328 e. The lowest BCUT2D eigenvalue weighted by Gasteiger charge is -2.25. The van der Waals surface area contributed by atoms with Crippen LogP contribution in [0.1, 0.15) is 39.4 Å². The Bertz CT molecular complexity index is 1370. The van der Waals surface area contributed by atoms with Gasteiger partial charge in [0.2, 0.25) is 0 Å². The second-order valence-corrected chi connectivity index (χ2v) is 9.02. The van der Waals surface area contributed by atoms with Gasteiger partial charge in [0.25, 0.3) is 17.4 Å². The molecular weight excluding hydrogens is 464 g/mol. The topological polar surface area (TPSA) is 114 Å². The van der Waals surface area contributed by atoms with Crippen molar-refractivity contribution in [3.63, 3.8) is 0 Å². The first-order valence-corrected chi connectivity index (χ1v) is 12.0. The van der Waals surface area contributed by atoms with Gasteiger partial charge in [-0.15, -0.1) is 0 Å². The van der Waals surface area contributed by atoms with E-state index in [1.54, 1.807) is 4.90 Å². The number of benzene rings is 1. The van der Waals surface area contributed by atoms with E-state index in [2.05, 4.69) is 4.98 Å². The lowest BCUT2D eigenvalue weighted by atomic mass is 10.1. The first kappa shape index (κ1) is 23.7. The Morgan fingerprint density at radius 1 is 1.00 bits per heavy atom. The number of carbonyl (C=O) groups is 3. The van der Waals surface area contributed by atoms with Crippen molar-refractivity contribution in [2.24, 2.45) is 0 Å². The average molecular weight is 493 g/mol. The number of aromatic nitrogens is 2. The number of hydrogen-bond donors (Lipinski definition) is 1. The Labute approximate surface area is 207 Å². The minimum atomic E-state index is -0.675. The van der Waals surface area contributed by atoms with Crippen LogP contribution >= 0.6 is 0 Å². The molecule has 3 aromatic rings. The van der Waals surface area contributed by atoms with Crippen LogP contribution in [-0.4, -0.2) is 77.0 Å². The molecule has 0 radical (unpaired) electrons. The van der Waals surface area contributed by atoms with Gasteiger partial charge in [-0.05, 0) is 25.0 Å². The molecule has 1 aromatic carbocycles. The number of para-hydroxylation sites is 1. The normalized spacial score (nSPS) is 17.6. The van der Waals surface area contributed by atoms with Gasteiger partial charge in [0.05, 0.1) is 14.2 Å². The maximum atomic E-state index is 13.7. The molecule has 0 saturated carbocycles. The Balaban J connectivity index is 1.47. The van der Waals surface area contributed by atoms with E-state index in [1.165, 1.54) is 29.8 Å². The molecule has 2 aromatic heterocycles. The summed E-state index contributed by atoms with van der Waals surface area (Å²) in [5.41, 5.74) is 1.81. The monoisotopic (exact) mass is 492 g/mol. The molecule has 10 nitrogen and oxygen atoms in total. The predicted molar refractivity (Wildman–Crippen MR) is 131 cm³/mol. The second-order valence-electron chi connectivity index (χ2n) is 9.02. The van der Waals surface area contributed by atoms with Crippen LogP contribution in [0.4, 0.5) is 0 Å². The standard InChI is InChI=1S/C26H28N4O6/c1-35-21-15-22(31)29-13-12-28(24(32)18-14-16-6-3-4-7-17(16)27-18)11-9-19(29)23(21)25(33)30-10-5-8-20(30)26(34)36-2/h3-4,6-7,14-15,20,27H,5,8-13H2,1-2H3/t20-/m0/s1. The molecule has 1 fully saturated rings. The van der Waals surface area contributed by atoms with Crippen LogP contribution in [-0.2, 0) is 22.5 Å². The molecule has 0 bridgehead atoms. The first-order valence-electron chi connectivity index (χ1n) is 12.0. The van der Waals surface area contributed by atoms with Gasteiger partial charge in [-0.3, -0.25) is 14.4 Å². The lowest BCUT2D eigenvalue weighted by molar-refractivity contribution is -0.145. The van der Waals surface area contributed by atoms with E-state index in [0.717, 1.165) is 10.9 Å². The number of fused-ring (bicyclic) bond motifs is 2. The van der Waals surface area contributed by atoms with Crippen LogP contribution in [0, 0.1) is 0 Å². The average Bonchev–Trinajstić information content (AvgIpc) is 3.50. The van der Waals surface area contributed by atoms with Crippen LogP contribution in [0.5, 0.6) is 5.75 Å². The van der Waals surface area contributed by atoms with Crippen LogP contribution in [0.2, 0.25) is 0 Å². The Kier molecular flexibility index (Phi) is 6.26. The van der Waals surface area contributed by atoms with E-state index in [4.69, 9.17) is 9.47 Å². The highest BCUT2D eigenvalue weighted by Crippen LogP contribution is 2.29. The van der Waals surface area contributed by atoms with Crippen molar-refractivity contribution in [3.8, 4) is 5.75 Å². The van der Waals surface area contributed by atoms with Gasteiger partial charge in [-0.25, -0.2) is 4.79 Å². The summed E-state index contributed by atoms with van der Waals surface area (Å²) in [6.07, 6.45) is 1.48. The highest BCUT2D eigenvalue weighted by molar-refractivity contribution is 6.01. The Morgan fingerprint density at radius 2 is 1.81 bits per heavy atom. The number of pyridine rings is 1. The number of ether oxygens (including phenoxy) is 2. The number of nitrogens with one attached hydrogen (secondary N) is 1. The number of likely N-dealkylation sites (tertiary alicyclic amines) is 1. The summed E-state index contributed by atoms with van der Waals surface area (Å²) in [6, 6.07) is 10.1. The number of rotatable bonds is 4. The molecule has 1 atom stereocenters. The molecule has 10 heteroatoms. The number of hydrogen-bond acceptors (Lipinski definition) is 6. The molecule has 0 unspecified atom stereocenters. The van der Waals surface area contributed by atoms with Crippen molar-refractivity contribution in [1.82, 2.24) is 19.4 Å². The van der Waals surface area contributed by atoms with Gasteiger partial charge in [-0.2, -0.15) is 0 Å². The molecule has 0 spiro atoms. The third-order valence-corrected chi connectivity index (χ3v) is 7.06. The molecule has 4 heterocycles. The largest absolute Gasteiger partial charge is 0.496 e. The summed E-state index contributed by atoms with van der Waals surface area (Å²) >= 11 is 0. The molecule has 2 aliphatic rings. The maximum Gasteiger partial charge on any atom is 0.328 e. The third-order valence-electron chi connectivity index (χ3n) is 7.06. The summed E-state index contributed by atoms with van der Waals surface area (Å²) in [7, 11) is 2.71. The van der Waals surface area contributed by atoms with Crippen molar-refractivity contribution in [2.45, 2.75) is 31.8 Å². The quantitative estimate of drug-likeness (QED) is 0.556.